The normalized spacial score (nSPS) is 14.4. The zero-order valence-electron chi connectivity index (χ0n) is 20.2. The molecular weight excluding hydrogens is 578 g/mol. The molecule has 11 heteroatoms. The summed E-state index contributed by atoms with van der Waals surface area (Å²) < 4.78 is 11.5. The summed E-state index contributed by atoms with van der Waals surface area (Å²) in [7, 11) is 1.42. The number of ether oxygens (including phenoxy) is 2. The summed E-state index contributed by atoms with van der Waals surface area (Å²) in [5.74, 6) is -1.49. The Bertz CT molecular complexity index is 1450. The molecule has 1 fully saturated rings. The molecule has 0 atom stereocenters. The molecule has 2 N–H and O–H groups in total. The fourth-order valence-electron chi connectivity index (χ4n) is 3.55. The number of methoxy groups -OCH3 is 1. The fourth-order valence-corrected chi connectivity index (χ4v) is 4.11. The summed E-state index contributed by atoms with van der Waals surface area (Å²) in [6, 6.07) is 15.6. The number of carbonyl (C=O) groups is 4. The molecule has 38 heavy (non-hydrogen) atoms. The molecular formula is C27H21BrClN3O6. The number of hydrogen-bond donors (Lipinski definition) is 2. The Kier molecular flexibility index (Phi) is 8.13. The van der Waals surface area contributed by atoms with E-state index < -0.39 is 17.8 Å². The summed E-state index contributed by atoms with van der Waals surface area (Å²) in [6.07, 6.45) is 1.33. The van der Waals surface area contributed by atoms with E-state index in [-0.39, 0.29) is 35.3 Å². The molecule has 1 aliphatic heterocycles. The van der Waals surface area contributed by atoms with Crippen LogP contribution < -0.4 is 25.0 Å². The monoisotopic (exact) mass is 597 g/mol. The number of barbiturate groups is 1. The maximum absolute atomic E-state index is 13.1. The lowest BCUT2D eigenvalue weighted by molar-refractivity contribution is -0.122. The minimum atomic E-state index is -0.871. The molecule has 0 unspecified atom stereocenters. The SMILES string of the molecule is COc1cc(/C=C2\C(=O)NC(=O)N(c3ccc(Cl)cc3)C2=O)c(Br)cc1OCC(=O)Nc1ccc(C)cc1. The van der Waals surface area contributed by atoms with Gasteiger partial charge in [0.1, 0.15) is 5.57 Å². The zero-order valence-corrected chi connectivity index (χ0v) is 22.6. The van der Waals surface area contributed by atoms with Gasteiger partial charge in [0.15, 0.2) is 18.1 Å². The molecule has 1 heterocycles. The lowest BCUT2D eigenvalue weighted by Crippen LogP contribution is -2.54. The van der Waals surface area contributed by atoms with Crippen molar-refractivity contribution in [2.45, 2.75) is 6.92 Å². The van der Waals surface area contributed by atoms with Crippen molar-refractivity contribution >= 4 is 68.7 Å². The number of rotatable bonds is 7. The van der Waals surface area contributed by atoms with Crippen LogP contribution in [0.2, 0.25) is 5.02 Å². The number of anilines is 2. The number of carbonyl (C=O) groups excluding carboxylic acids is 4. The average Bonchev–Trinajstić information content (AvgIpc) is 2.88. The van der Waals surface area contributed by atoms with Gasteiger partial charge >= 0.3 is 6.03 Å². The van der Waals surface area contributed by atoms with Gasteiger partial charge in [0.25, 0.3) is 17.7 Å². The van der Waals surface area contributed by atoms with Crippen molar-refractivity contribution in [1.29, 1.82) is 0 Å². The minimum Gasteiger partial charge on any atom is -0.493 e. The van der Waals surface area contributed by atoms with E-state index in [1.165, 1.54) is 43.5 Å². The van der Waals surface area contributed by atoms with Crippen LogP contribution in [0.15, 0.2) is 70.7 Å². The Balaban J connectivity index is 1.55. The Morgan fingerprint density at radius 1 is 1.05 bits per heavy atom. The predicted molar refractivity (Wildman–Crippen MR) is 146 cm³/mol. The van der Waals surface area contributed by atoms with Gasteiger partial charge in [-0.3, -0.25) is 19.7 Å². The predicted octanol–water partition coefficient (Wildman–Crippen LogP) is 5.10. The molecule has 3 aromatic carbocycles. The third kappa shape index (κ3) is 6.04. The van der Waals surface area contributed by atoms with Crippen molar-refractivity contribution in [1.82, 2.24) is 5.32 Å². The third-order valence-corrected chi connectivity index (χ3v) is 6.40. The number of hydrogen-bond acceptors (Lipinski definition) is 6. The second-order valence-electron chi connectivity index (χ2n) is 8.16. The molecule has 0 bridgehead atoms. The van der Waals surface area contributed by atoms with Crippen LogP contribution in [-0.2, 0) is 14.4 Å². The second kappa shape index (κ2) is 11.5. The summed E-state index contributed by atoms with van der Waals surface area (Å²) >= 11 is 9.31. The van der Waals surface area contributed by atoms with Crippen molar-refractivity contribution in [3.8, 4) is 11.5 Å². The van der Waals surface area contributed by atoms with E-state index in [1.807, 2.05) is 19.1 Å². The largest absolute Gasteiger partial charge is 0.493 e. The molecule has 1 saturated heterocycles. The summed E-state index contributed by atoms with van der Waals surface area (Å²) in [4.78, 5) is 51.3. The molecule has 0 aromatic heterocycles. The van der Waals surface area contributed by atoms with Gasteiger partial charge in [-0.15, -0.1) is 0 Å². The van der Waals surface area contributed by atoms with Crippen molar-refractivity contribution in [2.24, 2.45) is 0 Å². The highest BCUT2D eigenvalue weighted by molar-refractivity contribution is 9.10. The first kappa shape index (κ1) is 26.9. The van der Waals surface area contributed by atoms with Gasteiger partial charge in [-0.05, 0) is 67.1 Å². The van der Waals surface area contributed by atoms with Crippen molar-refractivity contribution in [2.75, 3.05) is 23.9 Å². The van der Waals surface area contributed by atoms with E-state index >= 15 is 0 Å². The van der Waals surface area contributed by atoms with Crippen molar-refractivity contribution in [3.05, 3.63) is 86.9 Å². The molecule has 5 amide bonds. The van der Waals surface area contributed by atoms with Crippen LogP contribution in [0, 0.1) is 6.92 Å². The van der Waals surface area contributed by atoms with Crippen LogP contribution in [0.5, 0.6) is 11.5 Å². The lowest BCUT2D eigenvalue weighted by atomic mass is 10.1. The molecule has 1 aliphatic rings. The summed E-state index contributed by atoms with van der Waals surface area (Å²) in [5.41, 5.74) is 2.09. The molecule has 3 aromatic rings. The number of urea groups is 1. The Hall–Kier alpha value is -4.15. The van der Waals surface area contributed by atoms with Gasteiger partial charge in [0.2, 0.25) is 0 Å². The van der Waals surface area contributed by atoms with Crippen LogP contribution >= 0.6 is 27.5 Å². The Morgan fingerprint density at radius 2 is 1.74 bits per heavy atom. The second-order valence-corrected chi connectivity index (χ2v) is 9.45. The molecule has 0 spiro atoms. The highest BCUT2D eigenvalue weighted by Gasteiger charge is 2.37. The maximum atomic E-state index is 13.1. The van der Waals surface area contributed by atoms with Crippen LogP contribution in [0.3, 0.4) is 0 Å². The number of amides is 5. The molecule has 0 saturated carbocycles. The first-order valence-corrected chi connectivity index (χ1v) is 12.4. The van der Waals surface area contributed by atoms with E-state index in [4.69, 9.17) is 21.1 Å². The number of imide groups is 2. The smallest absolute Gasteiger partial charge is 0.335 e. The average molecular weight is 599 g/mol. The third-order valence-electron chi connectivity index (χ3n) is 5.46. The highest BCUT2D eigenvalue weighted by Crippen LogP contribution is 2.35. The van der Waals surface area contributed by atoms with Gasteiger partial charge in [-0.25, -0.2) is 9.69 Å². The fraction of sp³-hybridized carbons (Fsp3) is 0.111. The van der Waals surface area contributed by atoms with Gasteiger partial charge in [0, 0.05) is 15.2 Å². The standard InChI is InChI=1S/C27H21BrClN3O6/c1-15-3-7-18(8-4-15)30-24(33)14-38-23-13-21(28)16(12-22(23)37-2)11-20-25(34)31-27(36)32(26(20)35)19-9-5-17(29)6-10-19/h3-13H,14H2,1-2H3,(H,30,33)(H,31,34,36)/b20-11+. The minimum absolute atomic E-state index is 0.250. The van der Waals surface area contributed by atoms with Crippen LogP contribution in [-0.4, -0.2) is 37.5 Å². The Morgan fingerprint density at radius 3 is 2.39 bits per heavy atom. The van der Waals surface area contributed by atoms with Crippen LogP contribution in [0.25, 0.3) is 6.08 Å². The molecule has 0 aliphatic carbocycles. The van der Waals surface area contributed by atoms with Crippen LogP contribution in [0.1, 0.15) is 11.1 Å². The first-order valence-electron chi connectivity index (χ1n) is 11.2. The first-order chi connectivity index (χ1) is 18.2. The maximum Gasteiger partial charge on any atom is 0.335 e. The number of nitrogens with one attached hydrogen (secondary N) is 2. The van der Waals surface area contributed by atoms with Gasteiger partial charge in [-0.1, -0.05) is 45.2 Å². The van der Waals surface area contributed by atoms with E-state index in [2.05, 4.69) is 26.6 Å². The van der Waals surface area contributed by atoms with E-state index in [0.29, 0.717) is 20.7 Å². The number of nitrogens with zero attached hydrogens (tertiary/aromatic N) is 1. The quantitative estimate of drug-likeness (QED) is 0.289. The molecule has 0 radical (unpaired) electrons. The Labute approximate surface area is 231 Å². The number of halogens is 2. The molecule has 9 nitrogen and oxygen atoms in total. The van der Waals surface area contributed by atoms with Gasteiger partial charge in [0.05, 0.1) is 12.8 Å². The highest BCUT2D eigenvalue weighted by atomic mass is 79.9. The summed E-state index contributed by atoms with van der Waals surface area (Å²) in [5, 5.41) is 5.34. The summed E-state index contributed by atoms with van der Waals surface area (Å²) in [6.45, 7) is 1.67. The van der Waals surface area contributed by atoms with Gasteiger partial charge in [-0.2, -0.15) is 0 Å². The van der Waals surface area contributed by atoms with E-state index in [0.717, 1.165) is 10.5 Å². The van der Waals surface area contributed by atoms with E-state index in [1.54, 1.807) is 18.2 Å². The lowest BCUT2D eigenvalue weighted by Gasteiger charge is -2.26. The van der Waals surface area contributed by atoms with Crippen molar-refractivity contribution < 1.29 is 28.7 Å². The molecule has 4 rings (SSSR count). The van der Waals surface area contributed by atoms with Crippen molar-refractivity contribution in [3.63, 3.8) is 0 Å². The number of aryl methyl sites for hydroxylation is 1. The van der Waals surface area contributed by atoms with Gasteiger partial charge < -0.3 is 14.8 Å². The zero-order chi connectivity index (χ0) is 27.4. The number of benzene rings is 3. The topological polar surface area (TPSA) is 114 Å². The van der Waals surface area contributed by atoms with Crippen LogP contribution in [0.4, 0.5) is 16.2 Å². The van der Waals surface area contributed by atoms with E-state index in [9.17, 15) is 19.2 Å². The molecule has 194 valence electrons.